The van der Waals surface area contributed by atoms with E-state index in [4.69, 9.17) is 21.1 Å². The molecular formula is C23H21ClN2O3. The largest absolute Gasteiger partial charge is 0.493 e. The highest BCUT2D eigenvalue weighted by atomic mass is 35.5. The molecule has 0 saturated carbocycles. The van der Waals surface area contributed by atoms with Gasteiger partial charge in [-0.3, -0.25) is 4.79 Å². The van der Waals surface area contributed by atoms with Gasteiger partial charge in [0.05, 0.1) is 19.9 Å². The lowest BCUT2D eigenvalue weighted by Crippen LogP contribution is -2.17. The van der Waals surface area contributed by atoms with Crippen molar-refractivity contribution in [3.05, 3.63) is 94.5 Å². The number of amides is 1. The summed E-state index contributed by atoms with van der Waals surface area (Å²) in [7, 11) is 1.59. The van der Waals surface area contributed by atoms with Gasteiger partial charge in [-0.15, -0.1) is 0 Å². The van der Waals surface area contributed by atoms with E-state index in [9.17, 15) is 4.79 Å². The van der Waals surface area contributed by atoms with E-state index in [2.05, 4.69) is 22.7 Å². The number of carbonyl (C=O) groups excluding carboxylic acids is 1. The SMILES string of the molecule is COc1cccc(/C=N/NC(=O)c2ccc(Cl)cc2)c1OCCc1ccccc1. The Balaban J connectivity index is 1.67. The average Bonchev–Trinajstić information content (AvgIpc) is 2.75. The first kappa shape index (κ1) is 20.4. The van der Waals surface area contributed by atoms with Crippen LogP contribution in [0.2, 0.25) is 5.02 Å². The van der Waals surface area contributed by atoms with Crippen molar-refractivity contribution in [2.45, 2.75) is 6.42 Å². The molecule has 29 heavy (non-hydrogen) atoms. The van der Waals surface area contributed by atoms with Crippen LogP contribution in [0, 0.1) is 0 Å². The van der Waals surface area contributed by atoms with E-state index in [-0.39, 0.29) is 5.91 Å². The van der Waals surface area contributed by atoms with Crippen LogP contribution in [-0.2, 0) is 6.42 Å². The van der Waals surface area contributed by atoms with Crippen LogP contribution < -0.4 is 14.9 Å². The zero-order valence-electron chi connectivity index (χ0n) is 16.0. The molecule has 0 saturated heterocycles. The molecule has 6 heteroatoms. The molecule has 0 aromatic heterocycles. The summed E-state index contributed by atoms with van der Waals surface area (Å²) in [5.41, 5.74) is 4.86. The number of nitrogens with zero attached hydrogens (tertiary/aromatic N) is 1. The normalized spacial score (nSPS) is 10.7. The zero-order valence-corrected chi connectivity index (χ0v) is 16.7. The number of methoxy groups -OCH3 is 1. The van der Waals surface area contributed by atoms with Crippen LogP contribution in [0.3, 0.4) is 0 Å². The van der Waals surface area contributed by atoms with Crippen LogP contribution >= 0.6 is 11.6 Å². The Bertz CT molecular complexity index is 973. The summed E-state index contributed by atoms with van der Waals surface area (Å²) in [6, 6.07) is 22.2. The maximum absolute atomic E-state index is 12.2. The van der Waals surface area contributed by atoms with Crippen LogP contribution in [0.15, 0.2) is 77.9 Å². The van der Waals surface area contributed by atoms with Gasteiger partial charge in [0.2, 0.25) is 0 Å². The monoisotopic (exact) mass is 408 g/mol. The van der Waals surface area contributed by atoms with Gasteiger partial charge in [0.15, 0.2) is 11.5 Å². The highest BCUT2D eigenvalue weighted by Gasteiger charge is 2.10. The molecule has 0 spiro atoms. The molecule has 0 aliphatic rings. The number of benzene rings is 3. The van der Waals surface area contributed by atoms with Gasteiger partial charge in [-0.25, -0.2) is 5.43 Å². The van der Waals surface area contributed by atoms with Crippen LogP contribution in [0.4, 0.5) is 0 Å². The van der Waals surface area contributed by atoms with Crippen molar-refractivity contribution < 1.29 is 14.3 Å². The van der Waals surface area contributed by atoms with E-state index >= 15 is 0 Å². The van der Waals surface area contributed by atoms with Crippen LogP contribution in [-0.4, -0.2) is 25.8 Å². The number of hydrogen-bond acceptors (Lipinski definition) is 4. The van der Waals surface area contributed by atoms with Crippen molar-refractivity contribution in [2.24, 2.45) is 5.10 Å². The Morgan fingerprint density at radius 3 is 2.52 bits per heavy atom. The minimum absolute atomic E-state index is 0.327. The molecule has 1 amide bonds. The molecule has 148 valence electrons. The van der Waals surface area contributed by atoms with Gasteiger partial charge < -0.3 is 9.47 Å². The van der Waals surface area contributed by atoms with Gasteiger partial charge in [0, 0.05) is 22.6 Å². The lowest BCUT2D eigenvalue weighted by atomic mass is 10.1. The summed E-state index contributed by atoms with van der Waals surface area (Å²) in [6.45, 7) is 0.488. The molecule has 0 radical (unpaired) electrons. The molecule has 0 aliphatic carbocycles. The van der Waals surface area contributed by atoms with Crippen molar-refractivity contribution in [1.29, 1.82) is 0 Å². The highest BCUT2D eigenvalue weighted by molar-refractivity contribution is 6.30. The molecular weight excluding hydrogens is 388 g/mol. The first-order valence-corrected chi connectivity index (χ1v) is 9.48. The van der Waals surface area contributed by atoms with Crippen LogP contribution in [0.5, 0.6) is 11.5 Å². The fraction of sp³-hybridized carbons (Fsp3) is 0.130. The first-order chi connectivity index (χ1) is 14.2. The average molecular weight is 409 g/mol. The van der Waals surface area contributed by atoms with Gasteiger partial charge >= 0.3 is 0 Å². The van der Waals surface area contributed by atoms with Gasteiger partial charge in [-0.2, -0.15) is 5.10 Å². The number of hydrogen-bond donors (Lipinski definition) is 1. The number of nitrogens with one attached hydrogen (secondary N) is 1. The fourth-order valence-corrected chi connectivity index (χ4v) is 2.82. The molecule has 0 bridgehead atoms. The minimum Gasteiger partial charge on any atom is -0.493 e. The second kappa shape index (κ2) is 10.3. The molecule has 0 aliphatic heterocycles. The van der Waals surface area contributed by atoms with Crippen molar-refractivity contribution >= 4 is 23.7 Å². The predicted molar refractivity (Wildman–Crippen MR) is 115 cm³/mol. The summed E-state index contributed by atoms with van der Waals surface area (Å²) in [5, 5.41) is 4.62. The van der Waals surface area contributed by atoms with Gasteiger partial charge in [-0.05, 0) is 42.0 Å². The smallest absolute Gasteiger partial charge is 0.271 e. The van der Waals surface area contributed by atoms with Gasteiger partial charge in [0.1, 0.15) is 0 Å². The van der Waals surface area contributed by atoms with E-state index in [1.807, 2.05) is 36.4 Å². The van der Waals surface area contributed by atoms with Crippen molar-refractivity contribution in [3.8, 4) is 11.5 Å². The summed E-state index contributed by atoms with van der Waals surface area (Å²) in [6.07, 6.45) is 2.30. The van der Waals surface area contributed by atoms with Crippen LogP contribution in [0.25, 0.3) is 0 Å². The third kappa shape index (κ3) is 5.83. The van der Waals surface area contributed by atoms with E-state index in [0.29, 0.717) is 34.3 Å². The third-order valence-corrected chi connectivity index (χ3v) is 4.44. The number of hydrazone groups is 1. The van der Waals surface area contributed by atoms with E-state index < -0.39 is 0 Å². The molecule has 0 heterocycles. The number of para-hydroxylation sites is 1. The topological polar surface area (TPSA) is 59.9 Å². The Morgan fingerprint density at radius 2 is 1.79 bits per heavy atom. The predicted octanol–water partition coefficient (Wildman–Crippen LogP) is 4.73. The van der Waals surface area contributed by atoms with Crippen LogP contribution in [0.1, 0.15) is 21.5 Å². The summed E-state index contributed by atoms with van der Waals surface area (Å²) in [5.74, 6) is 0.855. The van der Waals surface area contributed by atoms with Gasteiger partial charge in [0.25, 0.3) is 5.91 Å². The Morgan fingerprint density at radius 1 is 1.03 bits per heavy atom. The van der Waals surface area contributed by atoms with Crippen molar-refractivity contribution in [1.82, 2.24) is 5.43 Å². The lowest BCUT2D eigenvalue weighted by Gasteiger charge is -2.13. The number of halogens is 1. The molecule has 0 fully saturated rings. The van der Waals surface area contributed by atoms with E-state index in [1.54, 1.807) is 31.4 Å². The number of carbonyl (C=O) groups is 1. The minimum atomic E-state index is -0.327. The zero-order chi connectivity index (χ0) is 20.5. The van der Waals surface area contributed by atoms with Crippen molar-refractivity contribution in [2.75, 3.05) is 13.7 Å². The standard InChI is InChI=1S/C23H21ClN2O3/c1-28-21-9-5-8-19(22(21)29-15-14-17-6-3-2-4-7-17)16-25-26-23(27)18-10-12-20(24)13-11-18/h2-13,16H,14-15H2,1H3,(H,26,27)/b25-16+. The maximum Gasteiger partial charge on any atom is 0.271 e. The molecule has 0 unspecified atom stereocenters. The third-order valence-electron chi connectivity index (χ3n) is 4.19. The Labute approximate surface area is 174 Å². The lowest BCUT2D eigenvalue weighted by molar-refractivity contribution is 0.0955. The van der Waals surface area contributed by atoms with Gasteiger partial charge in [-0.1, -0.05) is 48.0 Å². The first-order valence-electron chi connectivity index (χ1n) is 9.10. The molecule has 5 nitrogen and oxygen atoms in total. The Kier molecular flexibility index (Phi) is 7.25. The molecule has 1 N–H and O–H groups in total. The Hall–Kier alpha value is -3.31. The molecule has 3 aromatic carbocycles. The quantitative estimate of drug-likeness (QED) is 0.433. The molecule has 3 rings (SSSR count). The van der Waals surface area contributed by atoms with E-state index in [0.717, 1.165) is 6.42 Å². The number of ether oxygens (including phenoxy) is 2. The highest BCUT2D eigenvalue weighted by Crippen LogP contribution is 2.30. The second-order valence-electron chi connectivity index (χ2n) is 6.17. The molecule has 0 atom stereocenters. The summed E-state index contributed by atoms with van der Waals surface area (Å²) in [4.78, 5) is 12.2. The second-order valence-corrected chi connectivity index (χ2v) is 6.61. The summed E-state index contributed by atoms with van der Waals surface area (Å²) >= 11 is 5.84. The number of rotatable bonds is 8. The maximum atomic E-state index is 12.2. The van der Waals surface area contributed by atoms with E-state index in [1.165, 1.54) is 11.8 Å². The summed E-state index contributed by atoms with van der Waals surface area (Å²) < 4.78 is 11.4. The van der Waals surface area contributed by atoms with Crippen molar-refractivity contribution in [3.63, 3.8) is 0 Å². The molecule has 3 aromatic rings. The fourth-order valence-electron chi connectivity index (χ4n) is 2.69.